The molecule has 3 atom stereocenters. The molecule has 1 heteroatoms. The molecule has 0 radical (unpaired) electrons. The van der Waals surface area contributed by atoms with Crippen molar-refractivity contribution in [2.75, 3.05) is 0 Å². The van der Waals surface area contributed by atoms with Crippen molar-refractivity contribution in [2.45, 2.75) is 32.1 Å². The predicted octanol–water partition coefficient (Wildman–Crippen LogP) is 2.89. The molecule has 12 heavy (non-hydrogen) atoms. The molecule has 1 saturated carbocycles. The van der Waals surface area contributed by atoms with Crippen molar-refractivity contribution in [2.24, 2.45) is 17.8 Å². The fraction of sp³-hybridized carbons (Fsp3) is 0.727. The number of fused-ring (bicyclic) bond motifs is 1. The van der Waals surface area contributed by atoms with E-state index in [-0.39, 0.29) is 0 Å². The minimum absolute atomic E-state index is 0.359. The van der Waals surface area contributed by atoms with Gasteiger partial charge in [0.1, 0.15) is 0 Å². The molecular formula is C11H15N. The molecule has 0 aromatic heterocycles. The summed E-state index contributed by atoms with van der Waals surface area (Å²) in [4.78, 5) is 0. The van der Waals surface area contributed by atoms with Crippen LogP contribution in [-0.4, -0.2) is 0 Å². The normalized spacial score (nSPS) is 40.1. The first-order valence-electron chi connectivity index (χ1n) is 4.94. The molecule has 0 bridgehead atoms. The van der Waals surface area contributed by atoms with Crippen LogP contribution in [0.4, 0.5) is 0 Å². The van der Waals surface area contributed by atoms with Crippen molar-refractivity contribution in [1.82, 2.24) is 0 Å². The standard InChI is InChI=1S/C11H15N/c12-8-9-5-6-10-3-1-2-4-11(10)7-9/h1-2,9-11H,3-7H2. The van der Waals surface area contributed by atoms with Gasteiger partial charge in [-0.05, 0) is 43.9 Å². The highest BCUT2D eigenvalue weighted by molar-refractivity contribution is 5.00. The van der Waals surface area contributed by atoms with Gasteiger partial charge in [-0.15, -0.1) is 0 Å². The van der Waals surface area contributed by atoms with Crippen molar-refractivity contribution < 1.29 is 0 Å². The Labute approximate surface area is 74.1 Å². The molecule has 0 aromatic rings. The fourth-order valence-corrected chi connectivity index (χ4v) is 2.58. The first kappa shape index (κ1) is 7.86. The second kappa shape index (κ2) is 3.31. The molecule has 3 unspecified atom stereocenters. The van der Waals surface area contributed by atoms with Gasteiger partial charge in [-0.2, -0.15) is 5.26 Å². The van der Waals surface area contributed by atoms with Gasteiger partial charge in [0, 0.05) is 5.92 Å². The van der Waals surface area contributed by atoms with Crippen molar-refractivity contribution in [3.8, 4) is 6.07 Å². The highest BCUT2D eigenvalue weighted by Gasteiger charge is 2.30. The van der Waals surface area contributed by atoms with Crippen LogP contribution < -0.4 is 0 Å². The van der Waals surface area contributed by atoms with E-state index >= 15 is 0 Å². The third-order valence-electron chi connectivity index (χ3n) is 3.37. The largest absolute Gasteiger partial charge is 0.198 e. The summed E-state index contributed by atoms with van der Waals surface area (Å²) in [7, 11) is 0. The Morgan fingerprint density at radius 1 is 1.08 bits per heavy atom. The van der Waals surface area contributed by atoms with E-state index in [0.29, 0.717) is 5.92 Å². The van der Waals surface area contributed by atoms with Crippen LogP contribution in [0.2, 0.25) is 0 Å². The third-order valence-corrected chi connectivity index (χ3v) is 3.37. The number of hydrogen-bond acceptors (Lipinski definition) is 1. The molecule has 2 aliphatic rings. The monoisotopic (exact) mass is 161 g/mol. The van der Waals surface area contributed by atoms with Gasteiger partial charge < -0.3 is 0 Å². The summed E-state index contributed by atoms with van der Waals surface area (Å²) in [5, 5.41) is 8.81. The van der Waals surface area contributed by atoms with E-state index in [4.69, 9.17) is 5.26 Å². The van der Waals surface area contributed by atoms with Crippen LogP contribution in [0.5, 0.6) is 0 Å². The molecule has 2 rings (SSSR count). The Kier molecular flexibility index (Phi) is 2.17. The van der Waals surface area contributed by atoms with Gasteiger partial charge in [0.25, 0.3) is 0 Å². The molecule has 64 valence electrons. The Morgan fingerprint density at radius 2 is 1.83 bits per heavy atom. The Bertz CT molecular complexity index is 224. The topological polar surface area (TPSA) is 23.8 Å². The van der Waals surface area contributed by atoms with Crippen LogP contribution in [0.15, 0.2) is 12.2 Å². The molecule has 0 aliphatic heterocycles. The summed E-state index contributed by atoms with van der Waals surface area (Å²) in [6.45, 7) is 0. The number of allylic oxidation sites excluding steroid dienone is 2. The van der Waals surface area contributed by atoms with E-state index in [1.807, 2.05) is 0 Å². The Hall–Kier alpha value is -0.770. The minimum Gasteiger partial charge on any atom is -0.198 e. The first-order chi connectivity index (χ1) is 5.90. The van der Waals surface area contributed by atoms with E-state index in [0.717, 1.165) is 24.7 Å². The first-order valence-corrected chi connectivity index (χ1v) is 4.94. The van der Waals surface area contributed by atoms with Crippen molar-refractivity contribution in [1.29, 1.82) is 5.26 Å². The van der Waals surface area contributed by atoms with Crippen molar-refractivity contribution >= 4 is 0 Å². The predicted molar refractivity (Wildman–Crippen MR) is 48.3 cm³/mol. The number of nitrogens with zero attached hydrogens (tertiary/aromatic N) is 1. The molecular weight excluding hydrogens is 146 g/mol. The molecule has 1 fully saturated rings. The van der Waals surface area contributed by atoms with Crippen LogP contribution in [0.1, 0.15) is 32.1 Å². The fourth-order valence-electron chi connectivity index (χ4n) is 2.58. The Morgan fingerprint density at radius 3 is 2.58 bits per heavy atom. The van der Waals surface area contributed by atoms with Gasteiger partial charge in [-0.1, -0.05) is 12.2 Å². The summed E-state index contributed by atoms with van der Waals surface area (Å²) >= 11 is 0. The van der Waals surface area contributed by atoms with E-state index in [1.165, 1.54) is 19.3 Å². The molecule has 0 N–H and O–H groups in total. The van der Waals surface area contributed by atoms with Gasteiger partial charge >= 0.3 is 0 Å². The zero-order valence-electron chi connectivity index (χ0n) is 7.37. The van der Waals surface area contributed by atoms with Gasteiger partial charge in [0.2, 0.25) is 0 Å². The average Bonchev–Trinajstić information content (AvgIpc) is 2.17. The van der Waals surface area contributed by atoms with Gasteiger partial charge in [0.05, 0.1) is 6.07 Å². The molecule has 0 amide bonds. The van der Waals surface area contributed by atoms with Crippen LogP contribution in [0.3, 0.4) is 0 Å². The lowest BCUT2D eigenvalue weighted by atomic mass is 9.70. The second-order valence-corrected chi connectivity index (χ2v) is 4.10. The van der Waals surface area contributed by atoms with E-state index in [9.17, 15) is 0 Å². The number of rotatable bonds is 0. The summed E-state index contributed by atoms with van der Waals surface area (Å²) in [6, 6.07) is 2.41. The zero-order valence-corrected chi connectivity index (χ0v) is 7.37. The number of nitriles is 1. The van der Waals surface area contributed by atoms with E-state index < -0.39 is 0 Å². The quantitative estimate of drug-likeness (QED) is 0.501. The number of hydrogen-bond donors (Lipinski definition) is 0. The average molecular weight is 161 g/mol. The Balaban J connectivity index is 2.01. The maximum Gasteiger partial charge on any atom is 0.0655 e. The summed E-state index contributed by atoms with van der Waals surface area (Å²) in [6.07, 6.45) is 10.7. The maximum absolute atomic E-state index is 8.81. The minimum atomic E-state index is 0.359. The van der Waals surface area contributed by atoms with Gasteiger partial charge in [-0.25, -0.2) is 0 Å². The second-order valence-electron chi connectivity index (χ2n) is 4.10. The highest BCUT2D eigenvalue weighted by atomic mass is 14.4. The lowest BCUT2D eigenvalue weighted by Gasteiger charge is -2.34. The van der Waals surface area contributed by atoms with Crippen molar-refractivity contribution in [3.05, 3.63) is 12.2 Å². The lowest BCUT2D eigenvalue weighted by molar-refractivity contribution is 0.201. The zero-order chi connectivity index (χ0) is 8.39. The summed E-state index contributed by atoms with van der Waals surface area (Å²) in [5.74, 6) is 2.09. The van der Waals surface area contributed by atoms with E-state index in [1.54, 1.807) is 0 Å². The molecule has 0 heterocycles. The van der Waals surface area contributed by atoms with Gasteiger partial charge in [-0.3, -0.25) is 0 Å². The summed E-state index contributed by atoms with van der Waals surface area (Å²) < 4.78 is 0. The van der Waals surface area contributed by atoms with E-state index in [2.05, 4.69) is 18.2 Å². The molecule has 2 aliphatic carbocycles. The molecule has 1 nitrogen and oxygen atoms in total. The van der Waals surface area contributed by atoms with Crippen molar-refractivity contribution in [3.63, 3.8) is 0 Å². The molecule has 0 spiro atoms. The maximum atomic E-state index is 8.81. The summed E-state index contributed by atoms with van der Waals surface area (Å²) in [5.41, 5.74) is 0. The third kappa shape index (κ3) is 1.39. The molecule has 0 aromatic carbocycles. The SMILES string of the molecule is N#CC1CCC2CC=CCC2C1. The lowest BCUT2D eigenvalue weighted by Crippen LogP contribution is -2.25. The van der Waals surface area contributed by atoms with Gasteiger partial charge in [0.15, 0.2) is 0 Å². The molecule has 0 saturated heterocycles. The van der Waals surface area contributed by atoms with Crippen LogP contribution in [0, 0.1) is 29.1 Å². The smallest absolute Gasteiger partial charge is 0.0655 e. The van der Waals surface area contributed by atoms with Crippen LogP contribution in [-0.2, 0) is 0 Å². The van der Waals surface area contributed by atoms with Crippen LogP contribution in [0.25, 0.3) is 0 Å². The van der Waals surface area contributed by atoms with Crippen LogP contribution >= 0.6 is 0 Å². The highest BCUT2D eigenvalue weighted by Crippen LogP contribution is 2.39.